The quantitative estimate of drug-likeness (QED) is 0.224. The summed E-state index contributed by atoms with van der Waals surface area (Å²) in [5, 5.41) is 7.39. The van der Waals surface area contributed by atoms with Gasteiger partial charge in [0.1, 0.15) is 12.4 Å². The predicted octanol–water partition coefficient (Wildman–Crippen LogP) is 3.55. The lowest BCUT2D eigenvalue weighted by molar-refractivity contribution is -0.697. The molecule has 0 bridgehead atoms. The predicted molar refractivity (Wildman–Crippen MR) is 100 cm³/mol. The van der Waals surface area contributed by atoms with Gasteiger partial charge in [0.2, 0.25) is 0 Å². The molecule has 0 saturated carbocycles. The lowest BCUT2D eigenvalue weighted by atomic mass is 10.2. The molecule has 0 radical (unpaired) electrons. The number of hydrogen-bond donors (Lipinski definition) is 0. The van der Waals surface area contributed by atoms with Gasteiger partial charge in [0.05, 0.1) is 6.21 Å². The Hall–Kier alpha value is -1.49. The molecule has 1 aromatic heterocycles. The number of nitrogens with zero attached hydrogens (tertiary/aromatic N) is 4. The van der Waals surface area contributed by atoms with Gasteiger partial charge in [-0.05, 0) is 25.3 Å². The minimum atomic E-state index is 0.854. The second-order valence-electron chi connectivity index (χ2n) is 5.67. The van der Waals surface area contributed by atoms with Crippen LogP contribution in [-0.2, 0) is 6.54 Å². The molecule has 0 N–H and O–H groups in total. The summed E-state index contributed by atoms with van der Waals surface area (Å²) < 4.78 is 2.24. The van der Waals surface area contributed by atoms with Gasteiger partial charge >= 0.3 is 0 Å². The number of aromatic nitrogens is 1. The van der Waals surface area contributed by atoms with E-state index in [1.807, 2.05) is 24.3 Å². The van der Waals surface area contributed by atoms with Gasteiger partial charge in [-0.3, -0.25) is 10.0 Å². The van der Waals surface area contributed by atoms with Crippen LogP contribution in [0.25, 0.3) is 0 Å². The van der Waals surface area contributed by atoms with Crippen LogP contribution in [0.5, 0.6) is 0 Å². The minimum absolute atomic E-state index is 0.854. The highest BCUT2D eigenvalue weighted by atomic mass is 79.9. The van der Waals surface area contributed by atoms with E-state index in [0.29, 0.717) is 0 Å². The highest BCUT2D eigenvalue weighted by Crippen LogP contribution is 2.03. The number of amidine groups is 1. The van der Waals surface area contributed by atoms with Gasteiger partial charge in [-0.25, -0.2) is 4.57 Å². The molecular formula is C18H26BrN4+. The van der Waals surface area contributed by atoms with E-state index in [0.717, 1.165) is 36.2 Å². The van der Waals surface area contributed by atoms with Crippen molar-refractivity contribution in [1.29, 1.82) is 0 Å². The van der Waals surface area contributed by atoms with Crippen molar-refractivity contribution in [2.75, 3.05) is 18.9 Å². The van der Waals surface area contributed by atoms with Crippen LogP contribution in [0.3, 0.4) is 0 Å². The number of hydrogen-bond acceptors (Lipinski definition) is 3. The van der Waals surface area contributed by atoms with E-state index in [4.69, 9.17) is 0 Å². The van der Waals surface area contributed by atoms with E-state index in [1.54, 1.807) is 0 Å². The van der Waals surface area contributed by atoms with Crippen LogP contribution < -0.4 is 4.57 Å². The maximum Gasteiger partial charge on any atom is 0.169 e. The largest absolute Gasteiger partial charge is 0.267 e. The van der Waals surface area contributed by atoms with Gasteiger partial charge in [0.25, 0.3) is 0 Å². The molecule has 2 heterocycles. The summed E-state index contributed by atoms with van der Waals surface area (Å²) in [5.41, 5.74) is 1.10. The number of halogens is 1. The molecule has 0 atom stereocenters. The van der Waals surface area contributed by atoms with Crippen molar-refractivity contribution < 1.29 is 4.57 Å². The zero-order valence-electron chi connectivity index (χ0n) is 13.9. The lowest BCUT2D eigenvalue weighted by Gasteiger charge is -2.14. The number of aryl methyl sites for hydroxylation is 1. The fraction of sp³-hybridized carbons (Fsp3) is 0.500. The average Bonchev–Trinajstić information content (AvgIpc) is 2.61. The van der Waals surface area contributed by atoms with Crippen LogP contribution in [0.15, 0.2) is 46.8 Å². The molecule has 1 aliphatic rings. The summed E-state index contributed by atoms with van der Waals surface area (Å²) >= 11 is 3.47. The van der Waals surface area contributed by atoms with Crippen molar-refractivity contribution >= 4 is 28.0 Å². The van der Waals surface area contributed by atoms with Crippen molar-refractivity contribution in [3.8, 4) is 0 Å². The highest BCUT2D eigenvalue weighted by Gasteiger charge is 2.04. The van der Waals surface area contributed by atoms with E-state index >= 15 is 0 Å². The maximum atomic E-state index is 4.46. The molecule has 0 aliphatic carbocycles. The molecule has 0 spiro atoms. The number of dihydropyridines is 1. The minimum Gasteiger partial charge on any atom is -0.267 e. The second kappa shape index (κ2) is 10.3. The number of hydrazone groups is 1. The first-order valence-electron chi connectivity index (χ1n) is 8.33. The number of pyridine rings is 1. The van der Waals surface area contributed by atoms with Crippen LogP contribution >= 0.6 is 15.9 Å². The molecule has 23 heavy (non-hydrogen) atoms. The third kappa shape index (κ3) is 6.65. The Balaban J connectivity index is 1.79. The maximum absolute atomic E-state index is 4.46. The Morgan fingerprint density at radius 2 is 2.04 bits per heavy atom. The van der Waals surface area contributed by atoms with Crippen molar-refractivity contribution in [3.63, 3.8) is 0 Å². The molecule has 1 aliphatic heterocycles. The fourth-order valence-electron chi connectivity index (χ4n) is 2.36. The number of rotatable bonds is 8. The van der Waals surface area contributed by atoms with Crippen LogP contribution in [-0.4, -0.2) is 36.0 Å². The summed E-state index contributed by atoms with van der Waals surface area (Å²) in [6, 6.07) is 4.21. The molecule has 124 valence electrons. The third-order valence-electron chi connectivity index (χ3n) is 3.76. The number of likely N-dealkylation sites (N-methyl/N-ethyl adjacent to an activating group) is 1. The third-order valence-corrected chi connectivity index (χ3v) is 4.33. The van der Waals surface area contributed by atoms with Crippen LogP contribution in [0.1, 0.15) is 37.7 Å². The van der Waals surface area contributed by atoms with Gasteiger partial charge in [0.15, 0.2) is 12.4 Å². The number of aliphatic imine (C=N–C) groups is 1. The monoisotopic (exact) mass is 377 g/mol. The number of unbranched alkanes of at least 4 members (excludes halogenated alkanes) is 3. The Morgan fingerprint density at radius 1 is 1.26 bits per heavy atom. The normalized spacial score (nSPS) is 14.3. The van der Waals surface area contributed by atoms with Crippen molar-refractivity contribution in [1.82, 2.24) is 5.01 Å². The van der Waals surface area contributed by atoms with E-state index in [-0.39, 0.29) is 0 Å². The van der Waals surface area contributed by atoms with Gasteiger partial charge in [-0.15, -0.1) is 0 Å². The van der Waals surface area contributed by atoms with Crippen LogP contribution in [0.4, 0.5) is 0 Å². The Morgan fingerprint density at radius 3 is 2.74 bits per heavy atom. The van der Waals surface area contributed by atoms with E-state index in [1.165, 1.54) is 25.7 Å². The van der Waals surface area contributed by atoms with E-state index in [2.05, 4.69) is 61.2 Å². The van der Waals surface area contributed by atoms with E-state index < -0.39 is 0 Å². The first-order valence-corrected chi connectivity index (χ1v) is 9.45. The van der Waals surface area contributed by atoms with Gasteiger partial charge in [-0.2, -0.15) is 5.10 Å². The standard InChI is InChI=1S/C18H26BrN4/c1-22(18-8-4-6-12-20-18)21-16-17-9-14-23(15-10-17)13-7-3-2-5-11-19/h4,8-10,14-16H,2-3,5-7,11-13H2,1H3/q+1. The molecular weight excluding hydrogens is 352 g/mol. The van der Waals surface area contributed by atoms with Gasteiger partial charge in [-0.1, -0.05) is 28.4 Å². The topological polar surface area (TPSA) is 31.8 Å². The van der Waals surface area contributed by atoms with Gasteiger partial charge < -0.3 is 0 Å². The smallest absolute Gasteiger partial charge is 0.169 e. The van der Waals surface area contributed by atoms with Gasteiger partial charge in [0, 0.05) is 43.0 Å². The summed E-state index contributed by atoms with van der Waals surface area (Å²) in [6.45, 7) is 1.94. The molecule has 1 aromatic rings. The van der Waals surface area contributed by atoms with Crippen molar-refractivity contribution in [3.05, 3.63) is 42.2 Å². The average molecular weight is 378 g/mol. The Kier molecular flexibility index (Phi) is 8.01. The molecule has 5 heteroatoms. The molecule has 0 unspecified atom stereocenters. The van der Waals surface area contributed by atoms with E-state index in [9.17, 15) is 0 Å². The summed E-state index contributed by atoms with van der Waals surface area (Å²) in [7, 11) is 1.93. The zero-order chi connectivity index (χ0) is 16.3. The summed E-state index contributed by atoms with van der Waals surface area (Å²) in [5.74, 6) is 0.918. The van der Waals surface area contributed by atoms with Crippen molar-refractivity contribution in [2.45, 2.75) is 38.6 Å². The lowest BCUT2D eigenvalue weighted by Crippen LogP contribution is -2.32. The molecule has 0 aromatic carbocycles. The Labute approximate surface area is 147 Å². The van der Waals surface area contributed by atoms with Crippen LogP contribution in [0.2, 0.25) is 0 Å². The second-order valence-corrected chi connectivity index (χ2v) is 6.46. The molecule has 0 amide bonds. The fourth-order valence-corrected chi connectivity index (χ4v) is 2.76. The highest BCUT2D eigenvalue weighted by molar-refractivity contribution is 9.09. The molecule has 2 rings (SSSR count). The van der Waals surface area contributed by atoms with Crippen molar-refractivity contribution in [2.24, 2.45) is 10.1 Å². The first-order chi connectivity index (χ1) is 11.3. The molecule has 0 saturated heterocycles. The summed E-state index contributed by atoms with van der Waals surface area (Å²) in [6.07, 6.45) is 16.4. The van der Waals surface area contributed by atoms with Crippen LogP contribution in [0, 0.1) is 0 Å². The number of alkyl halides is 1. The zero-order valence-corrected chi connectivity index (χ0v) is 15.5. The molecule has 4 nitrogen and oxygen atoms in total. The first kappa shape index (κ1) is 17.9. The Bertz CT molecular complexity index is 549. The summed E-state index contributed by atoms with van der Waals surface area (Å²) in [4.78, 5) is 4.45. The SMILES string of the molecule is CN(/N=C/c1cc[n+](CCCCCCBr)cc1)C1=NCCC=C1. The molecule has 0 fully saturated rings.